The van der Waals surface area contributed by atoms with Gasteiger partial charge in [-0.15, -0.1) is 0 Å². The Balaban J connectivity index is 1.61. The van der Waals surface area contributed by atoms with E-state index in [9.17, 15) is 4.79 Å². The average molecular weight is 406 g/mol. The van der Waals surface area contributed by atoms with Gasteiger partial charge in [-0.3, -0.25) is 4.79 Å². The predicted molar refractivity (Wildman–Crippen MR) is 122 cm³/mol. The predicted octanol–water partition coefficient (Wildman–Crippen LogP) is 5.23. The molecule has 6 heteroatoms. The van der Waals surface area contributed by atoms with Gasteiger partial charge in [0.15, 0.2) is 5.65 Å². The third-order valence-electron chi connectivity index (χ3n) is 5.83. The van der Waals surface area contributed by atoms with E-state index in [-0.39, 0.29) is 17.9 Å². The highest BCUT2D eigenvalue weighted by atomic mass is 16.1. The van der Waals surface area contributed by atoms with E-state index < -0.39 is 0 Å². The van der Waals surface area contributed by atoms with E-state index in [2.05, 4.69) is 62.1 Å². The zero-order valence-corrected chi connectivity index (χ0v) is 18.5. The van der Waals surface area contributed by atoms with Crippen molar-refractivity contribution in [3.8, 4) is 0 Å². The summed E-state index contributed by atoms with van der Waals surface area (Å²) in [6, 6.07) is 10.2. The van der Waals surface area contributed by atoms with Crippen LogP contribution in [0.2, 0.25) is 0 Å². The average Bonchev–Trinajstić information content (AvgIpc) is 3.34. The molecule has 3 aromatic rings. The molecular formula is C24H31N5O. The Hall–Kier alpha value is -2.89. The molecule has 4 rings (SSSR count). The van der Waals surface area contributed by atoms with Gasteiger partial charge in [-0.05, 0) is 62.4 Å². The molecule has 1 fully saturated rings. The molecule has 1 aliphatic heterocycles. The van der Waals surface area contributed by atoms with Crippen molar-refractivity contribution < 1.29 is 4.79 Å². The number of benzene rings is 1. The van der Waals surface area contributed by atoms with Crippen molar-refractivity contribution in [3.63, 3.8) is 0 Å². The molecule has 0 saturated carbocycles. The molecule has 1 aromatic carbocycles. The first-order valence-corrected chi connectivity index (χ1v) is 10.9. The Kier molecular flexibility index (Phi) is 5.50. The first-order chi connectivity index (χ1) is 14.3. The summed E-state index contributed by atoms with van der Waals surface area (Å²) in [7, 11) is 0. The molecule has 1 saturated heterocycles. The monoisotopic (exact) mass is 405 g/mol. The number of fused-ring (bicyclic) bond motifs is 1. The second-order valence-electron chi connectivity index (χ2n) is 9.01. The Morgan fingerprint density at radius 2 is 1.90 bits per heavy atom. The van der Waals surface area contributed by atoms with Gasteiger partial charge in [0.05, 0.1) is 17.1 Å². The highest BCUT2D eigenvalue weighted by Crippen LogP contribution is 2.27. The van der Waals surface area contributed by atoms with E-state index in [1.54, 1.807) is 6.20 Å². The number of anilines is 2. The Morgan fingerprint density at radius 3 is 2.50 bits per heavy atom. The molecule has 158 valence electrons. The number of aromatic nitrogens is 3. The second kappa shape index (κ2) is 8.09. The fourth-order valence-electron chi connectivity index (χ4n) is 4.02. The second-order valence-corrected chi connectivity index (χ2v) is 9.01. The molecule has 0 spiro atoms. The smallest absolute Gasteiger partial charge is 0.256 e. The van der Waals surface area contributed by atoms with E-state index in [0.717, 1.165) is 41.4 Å². The fourth-order valence-corrected chi connectivity index (χ4v) is 4.02. The van der Waals surface area contributed by atoms with Crippen LogP contribution < -0.4 is 10.2 Å². The van der Waals surface area contributed by atoms with Gasteiger partial charge in [-0.1, -0.05) is 20.8 Å². The minimum absolute atomic E-state index is 0.129. The minimum Gasteiger partial charge on any atom is -0.371 e. The lowest BCUT2D eigenvalue weighted by molar-refractivity contribution is 0.102. The zero-order chi connectivity index (χ0) is 21.4. The van der Waals surface area contributed by atoms with Crippen LogP contribution in [0.25, 0.3) is 11.0 Å². The number of carbonyl (C=O) groups excluding carboxylic acids is 1. The summed E-state index contributed by atoms with van der Waals surface area (Å²) >= 11 is 0. The standard InChI is InChI=1S/C24H31N5O/c1-15(2)22-12-20(21-13-25-29(16(3)4)23(21)27-22)24(30)26-18-6-8-19(9-7-18)28-11-10-17(5)14-28/h6-9,12-13,15-17H,10-11,14H2,1-5H3,(H,26,30). The minimum atomic E-state index is -0.129. The summed E-state index contributed by atoms with van der Waals surface area (Å²) in [5.74, 6) is 0.828. The third-order valence-corrected chi connectivity index (χ3v) is 5.83. The molecule has 0 aliphatic carbocycles. The van der Waals surface area contributed by atoms with E-state index in [1.807, 2.05) is 22.9 Å². The van der Waals surface area contributed by atoms with Crippen LogP contribution in [0.5, 0.6) is 0 Å². The van der Waals surface area contributed by atoms with Crippen LogP contribution in [0.1, 0.15) is 69.1 Å². The van der Waals surface area contributed by atoms with Gasteiger partial charge >= 0.3 is 0 Å². The topological polar surface area (TPSA) is 63.1 Å². The van der Waals surface area contributed by atoms with E-state index in [1.165, 1.54) is 12.1 Å². The molecule has 3 heterocycles. The summed E-state index contributed by atoms with van der Waals surface area (Å²) in [5, 5.41) is 8.32. The molecule has 1 unspecified atom stereocenters. The van der Waals surface area contributed by atoms with Gasteiger partial charge in [-0.25, -0.2) is 9.67 Å². The maximum Gasteiger partial charge on any atom is 0.256 e. The van der Waals surface area contributed by atoms with Crippen molar-refractivity contribution in [1.29, 1.82) is 0 Å². The van der Waals surface area contributed by atoms with Crippen molar-refractivity contribution in [3.05, 3.63) is 47.8 Å². The molecule has 30 heavy (non-hydrogen) atoms. The van der Waals surface area contributed by atoms with Crippen molar-refractivity contribution >= 4 is 28.3 Å². The summed E-state index contributed by atoms with van der Waals surface area (Å²) in [6.45, 7) is 12.8. The molecule has 1 aliphatic rings. The molecule has 1 atom stereocenters. The number of amides is 1. The Morgan fingerprint density at radius 1 is 1.17 bits per heavy atom. The largest absolute Gasteiger partial charge is 0.371 e. The molecule has 1 amide bonds. The first kappa shape index (κ1) is 20.4. The summed E-state index contributed by atoms with van der Waals surface area (Å²) in [4.78, 5) is 20.4. The van der Waals surface area contributed by atoms with Gasteiger partial charge in [0, 0.05) is 36.2 Å². The lowest BCUT2D eigenvalue weighted by Gasteiger charge is -2.18. The maximum atomic E-state index is 13.2. The van der Waals surface area contributed by atoms with Crippen molar-refractivity contribution in [1.82, 2.24) is 14.8 Å². The van der Waals surface area contributed by atoms with Crippen molar-refractivity contribution in [2.45, 2.75) is 53.0 Å². The quantitative estimate of drug-likeness (QED) is 0.631. The van der Waals surface area contributed by atoms with Crippen LogP contribution in [-0.4, -0.2) is 33.8 Å². The number of hydrogen-bond donors (Lipinski definition) is 1. The number of nitrogens with zero attached hydrogens (tertiary/aromatic N) is 4. The van der Waals surface area contributed by atoms with Crippen LogP contribution in [0.15, 0.2) is 36.5 Å². The molecule has 2 aromatic heterocycles. The van der Waals surface area contributed by atoms with Gasteiger partial charge in [0.2, 0.25) is 0 Å². The SMILES string of the molecule is CC1CCN(c2ccc(NC(=O)c3cc(C(C)C)nc4c3cnn4C(C)C)cc2)C1. The Labute approximate surface area is 178 Å². The van der Waals surface area contributed by atoms with Crippen LogP contribution >= 0.6 is 0 Å². The third kappa shape index (κ3) is 3.91. The van der Waals surface area contributed by atoms with Crippen molar-refractivity contribution in [2.24, 2.45) is 5.92 Å². The molecule has 0 radical (unpaired) electrons. The number of nitrogens with one attached hydrogen (secondary N) is 1. The summed E-state index contributed by atoms with van der Waals surface area (Å²) in [6.07, 6.45) is 2.98. The van der Waals surface area contributed by atoms with Gasteiger partial charge in [0.1, 0.15) is 0 Å². The number of pyridine rings is 1. The van der Waals surface area contributed by atoms with E-state index >= 15 is 0 Å². The summed E-state index contributed by atoms with van der Waals surface area (Å²) in [5.41, 5.74) is 4.29. The number of carbonyl (C=O) groups is 1. The number of rotatable bonds is 5. The van der Waals surface area contributed by atoms with Crippen LogP contribution in [0.3, 0.4) is 0 Å². The highest BCUT2D eigenvalue weighted by Gasteiger charge is 2.20. The lowest BCUT2D eigenvalue weighted by atomic mass is 10.0. The number of hydrogen-bond acceptors (Lipinski definition) is 4. The Bertz CT molecular complexity index is 1050. The molecule has 1 N–H and O–H groups in total. The van der Waals surface area contributed by atoms with Gasteiger partial charge in [-0.2, -0.15) is 5.10 Å². The zero-order valence-electron chi connectivity index (χ0n) is 18.5. The fraction of sp³-hybridized carbons (Fsp3) is 0.458. The van der Waals surface area contributed by atoms with Gasteiger partial charge < -0.3 is 10.2 Å². The van der Waals surface area contributed by atoms with Crippen molar-refractivity contribution in [2.75, 3.05) is 23.3 Å². The van der Waals surface area contributed by atoms with Gasteiger partial charge in [0.25, 0.3) is 5.91 Å². The molecular weight excluding hydrogens is 374 g/mol. The van der Waals surface area contributed by atoms with Crippen LogP contribution in [-0.2, 0) is 0 Å². The van der Waals surface area contributed by atoms with E-state index in [0.29, 0.717) is 5.56 Å². The molecule has 0 bridgehead atoms. The summed E-state index contributed by atoms with van der Waals surface area (Å²) < 4.78 is 1.88. The van der Waals surface area contributed by atoms with Crippen LogP contribution in [0.4, 0.5) is 11.4 Å². The highest BCUT2D eigenvalue weighted by molar-refractivity contribution is 6.12. The lowest BCUT2D eigenvalue weighted by Crippen LogP contribution is -2.19. The first-order valence-electron chi connectivity index (χ1n) is 10.9. The van der Waals surface area contributed by atoms with E-state index in [4.69, 9.17) is 4.98 Å². The maximum absolute atomic E-state index is 13.2. The van der Waals surface area contributed by atoms with Crippen LogP contribution in [0, 0.1) is 5.92 Å². The normalized spacial score (nSPS) is 16.8. The molecule has 6 nitrogen and oxygen atoms in total.